The van der Waals surface area contributed by atoms with Crippen molar-refractivity contribution in [3.63, 3.8) is 0 Å². The van der Waals surface area contributed by atoms with Gasteiger partial charge in [-0.1, -0.05) is 38.1 Å². The zero-order valence-corrected chi connectivity index (χ0v) is 14.7. The van der Waals surface area contributed by atoms with E-state index in [2.05, 4.69) is 4.74 Å². The van der Waals surface area contributed by atoms with Crippen LogP contribution >= 0.6 is 0 Å². The highest BCUT2D eigenvalue weighted by Gasteiger charge is 2.81. The summed E-state index contributed by atoms with van der Waals surface area (Å²) in [5.41, 5.74) is 0.764. The van der Waals surface area contributed by atoms with Crippen LogP contribution in [0.3, 0.4) is 0 Å². The molecule has 0 aromatic heterocycles. The fourth-order valence-electron chi connectivity index (χ4n) is 2.45. The fourth-order valence-corrected chi connectivity index (χ4v) is 2.45. The molecule has 0 spiro atoms. The zero-order chi connectivity index (χ0) is 21.3. The van der Waals surface area contributed by atoms with Crippen molar-refractivity contribution >= 4 is 0 Å². The van der Waals surface area contributed by atoms with Crippen LogP contribution in [0.25, 0.3) is 0 Å². The minimum Gasteiger partial charge on any atom is -0.377 e. The molecule has 0 saturated heterocycles. The molecule has 27 heavy (non-hydrogen) atoms. The first-order valence-corrected chi connectivity index (χ1v) is 7.88. The van der Waals surface area contributed by atoms with Gasteiger partial charge in [-0.05, 0) is 23.5 Å². The third kappa shape index (κ3) is 4.89. The molecule has 10 heteroatoms. The topological polar surface area (TPSA) is 9.23 Å². The normalized spacial score (nSPS) is 15.3. The minimum atomic E-state index is -6.90. The van der Waals surface area contributed by atoms with Gasteiger partial charge in [0.2, 0.25) is 0 Å². The van der Waals surface area contributed by atoms with E-state index in [1.807, 2.05) is 13.8 Å². The van der Waals surface area contributed by atoms with E-state index in [9.17, 15) is 39.5 Å². The molecule has 0 aliphatic rings. The molecule has 0 fully saturated rings. The summed E-state index contributed by atoms with van der Waals surface area (Å²) in [7, 11) is 0.864. The molecule has 1 atom stereocenters. The molecule has 1 nitrogen and oxygen atoms in total. The molecular weight excluding hydrogens is 391 g/mol. The van der Waals surface area contributed by atoms with Gasteiger partial charge in [-0.25, -0.2) is 0 Å². The Morgan fingerprint density at radius 2 is 1.30 bits per heavy atom. The molecule has 156 valence electrons. The summed E-state index contributed by atoms with van der Waals surface area (Å²) in [5, 5.41) is 0. The molecule has 0 amide bonds. The highest BCUT2D eigenvalue weighted by Crippen LogP contribution is 2.55. The van der Waals surface area contributed by atoms with Crippen molar-refractivity contribution in [1.82, 2.24) is 0 Å². The highest BCUT2D eigenvalue weighted by atomic mass is 19.4. The van der Waals surface area contributed by atoms with Crippen LogP contribution < -0.4 is 0 Å². The lowest BCUT2D eigenvalue weighted by molar-refractivity contribution is -0.398. The summed E-state index contributed by atoms with van der Waals surface area (Å²) < 4.78 is 121. The van der Waals surface area contributed by atoms with Crippen molar-refractivity contribution < 1.29 is 44.3 Å². The second-order valence-corrected chi connectivity index (χ2v) is 6.62. The van der Waals surface area contributed by atoms with Crippen LogP contribution in [0.15, 0.2) is 24.3 Å². The predicted octanol–water partition coefficient (Wildman–Crippen LogP) is 6.43. The second-order valence-electron chi connectivity index (χ2n) is 6.62. The number of benzene rings is 1. The van der Waals surface area contributed by atoms with Crippen LogP contribution in [-0.2, 0) is 11.2 Å². The van der Waals surface area contributed by atoms with Crippen LogP contribution in [0, 0.1) is 5.92 Å². The summed E-state index contributed by atoms with van der Waals surface area (Å²) in [5.74, 6) is -18.9. The Labute approximate surface area is 150 Å². The smallest absolute Gasteiger partial charge is 0.377 e. The summed E-state index contributed by atoms with van der Waals surface area (Å²) in [4.78, 5) is 0. The standard InChI is InChI=1S/C17H19F9O/c1-10(2)8-11-4-6-12(7-5-11)13(27-3)9-14(18,19)15(20,21)16(22,23)17(24,25)26/h4-7,10,13H,8-9H2,1-3H3. The Morgan fingerprint density at radius 3 is 1.67 bits per heavy atom. The van der Waals surface area contributed by atoms with E-state index < -0.39 is 36.5 Å². The van der Waals surface area contributed by atoms with Gasteiger partial charge in [-0.15, -0.1) is 0 Å². The average molecular weight is 410 g/mol. The van der Waals surface area contributed by atoms with Crippen LogP contribution in [0.4, 0.5) is 39.5 Å². The first-order valence-electron chi connectivity index (χ1n) is 7.88. The van der Waals surface area contributed by atoms with E-state index in [1.54, 1.807) is 0 Å². The SMILES string of the molecule is COC(CC(F)(F)C(F)(F)C(F)(F)C(F)(F)F)c1ccc(CC(C)C)cc1. The van der Waals surface area contributed by atoms with Crippen molar-refractivity contribution in [2.45, 2.75) is 56.7 Å². The van der Waals surface area contributed by atoms with Gasteiger partial charge >= 0.3 is 23.9 Å². The molecule has 1 unspecified atom stereocenters. The largest absolute Gasteiger partial charge is 0.460 e. The van der Waals surface area contributed by atoms with Gasteiger partial charge < -0.3 is 4.74 Å². The average Bonchev–Trinajstić information content (AvgIpc) is 2.51. The Balaban J connectivity index is 3.10. The van der Waals surface area contributed by atoms with Crippen LogP contribution in [0.1, 0.15) is 37.5 Å². The van der Waals surface area contributed by atoms with Gasteiger partial charge in [0.25, 0.3) is 0 Å². The fraction of sp³-hybridized carbons (Fsp3) is 0.647. The third-order valence-electron chi connectivity index (χ3n) is 3.93. The maximum atomic E-state index is 13.8. The van der Waals surface area contributed by atoms with Crippen LogP contribution in [0.2, 0.25) is 0 Å². The van der Waals surface area contributed by atoms with E-state index in [-0.39, 0.29) is 11.5 Å². The molecule has 0 N–H and O–H groups in total. The van der Waals surface area contributed by atoms with E-state index in [0.29, 0.717) is 6.42 Å². The van der Waals surface area contributed by atoms with Gasteiger partial charge in [0.05, 0.1) is 6.10 Å². The van der Waals surface area contributed by atoms with Gasteiger partial charge in [-0.3, -0.25) is 0 Å². The van der Waals surface area contributed by atoms with Crippen molar-refractivity contribution in [2.75, 3.05) is 7.11 Å². The summed E-state index contributed by atoms with van der Waals surface area (Å²) in [6.07, 6.45) is -10.0. The van der Waals surface area contributed by atoms with E-state index in [0.717, 1.165) is 12.7 Å². The molecule has 0 saturated carbocycles. The quantitative estimate of drug-likeness (QED) is 0.449. The molecule has 0 aliphatic heterocycles. The van der Waals surface area contributed by atoms with Gasteiger partial charge in [-0.2, -0.15) is 39.5 Å². The van der Waals surface area contributed by atoms with E-state index in [4.69, 9.17) is 0 Å². The lowest BCUT2D eigenvalue weighted by Gasteiger charge is -2.35. The molecule has 0 bridgehead atoms. The summed E-state index contributed by atoms with van der Waals surface area (Å²) in [6, 6.07) is 5.59. The lowest BCUT2D eigenvalue weighted by Crippen LogP contribution is -2.61. The summed E-state index contributed by atoms with van der Waals surface area (Å²) >= 11 is 0. The first-order chi connectivity index (χ1) is 12.1. The number of rotatable bonds is 8. The maximum absolute atomic E-state index is 13.8. The summed E-state index contributed by atoms with van der Waals surface area (Å²) in [6.45, 7) is 3.85. The van der Waals surface area contributed by atoms with Gasteiger partial charge in [0.1, 0.15) is 0 Å². The number of alkyl halides is 9. The molecule has 0 radical (unpaired) electrons. The molecule has 1 aromatic carbocycles. The Bertz CT molecular complexity index is 606. The Kier molecular flexibility index (Phi) is 6.89. The van der Waals surface area contributed by atoms with Crippen molar-refractivity contribution in [3.8, 4) is 0 Å². The first kappa shape index (κ1) is 23.6. The number of hydrogen-bond acceptors (Lipinski definition) is 1. The Morgan fingerprint density at radius 1 is 0.815 bits per heavy atom. The number of halogens is 9. The van der Waals surface area contributed by atoms with Crippen molar-refractivity contribution in [3.05, 3.63) is 35.4 Å². The third-order valence-corrected chi connectivity index (χ3v) is 3.93. The maximum Gasteiger partial charge on any atom is 0.460 e. The van der Waals surface area contributed by atoms with Crippen molar-refractivity contribution in [1.29, 1.82) is 0 Å². The second kappa shape index (κ2) is 7.89. The molecule has 1 rings (SSSR count). The molecule has 1 aromatic rings. The molecule has 0 heterocycles. The lowest BCUT2D eigenvalue weighted by atomic mass is 9.94. The van der Waals surface area contributed by atoms with Crippen LogP contribution in [-0.4, -0.2) is 31.1 Å². The van der Waals surface area contributed by atoms with Gasteiger partial charge in [0, 0.05) is 13.5 Å². The monoisotopic (exact) mass is 410 g/mol. The molecular formula is C17H19F9O. The van der Waals surface area contributed by atoms with E-state index in [1.165, 1.54) is 24.3 Å². The van der Waals surface area contributed by atoms with Crippen LogP contribution in [0.5, 0.6) is 0 Å². The molecule has 0 aliphatic carbocycles. The minimum absolute atomic E-state index is 0.0455. The van der Waals surface area contributed by atoms with Gasteiger partial charge in [0.15, 0.2) is 0 Å². The Hall–Kier alpha value is -1.45. The van der Waals surface area contributed by atoms with Crippen molar-refractivity contribution in [2.24, 2.45) is 5.92 Å². The number of ether oxygens (including phenoxy) is 1. The predicted molar refractivity (Wildman–Crippen MR) is 80.2 cm³/mol. The highest BCUT2D eigenvalue weighted by molar-refractivity contribution is 5.25. The number of methoxy groups -OCH3 is 1. The number of hydrogen-bond donors (Lipinski definition) is 0. The van der Waals surface area contributed by atoms with E-state index >= 15 is 0 Å². The zero-order valence-electron chi connectivity index (χ0n) is 14.7.